The van der Waals surface area contributed by atoms with E-state index in [2.05, 4.69) is 15.8 Å². The molecule has 2 amide bonds. The average Bonchev–Trinajstić information content (AvgIpc) is 3.38. The first kappa shape index (κ1) is 23.0. The van der Waals surface area contributed by atoms with Crippen LogP contribution >= 0.6 is 11.6 Å². The van der Waals surface area contributed by atoms with Crippen LogP contribution in [0.4, 0.5) is 0 Å². The number of fused-ring (bicyclic) bond motifs is 1. The number of aromatic nitrogens is 1. The van der Waals surface area contributed by atoms with Gasteiger partial charge < -0.3 is 4.74 Å². The first-order valence-electron chi connectivity index (χ1n) is 10.2. The van der Waals surface area contributed by atoms with E-state index in [0.29, 0.717) is 34.8 Å². The maximum atomic E-state index is 12.7. The van der Waals surface area contributed by atoms with Crippen LogP contribution in [0, 0.1) is 0 Å². The summed E-state index contributed by atoms with van der Waals surface area (Å²) in [6.45, 7) is 0.553. The molecule has 1 aliphatic rings. The lowest BCUT2D eigenvalue weighted by molar-refractivity contribution is -0.123. The van der Waals surface area contributed by atoms with Gasteiger partial charge in [-0.3, -0.25) is 25.4 Å². The molecule has 11 heteroatoms. The van der Waals surface area contributed by atoms with E-state index in [1.165, 1.54) is 28.6 Å². The maximum absolute atomic E-state index is 12.7. The second-order valence-corrected chi connectivity index (χ2v) is 9.72. The van der Waals surface area contributed by atoms with Crippen molar-refractivity contribution in [2.45, 2.75) is 17.7 Å². The highest BCUT2D eigenvalue weighted by Gasteiger charge is 2.27. The van der Waals surface area contributed by atoms with Gasteiger partial charge in [-0.25, -0.2) is 8.42 Å². The van der Waals surface area contributed by atoms with Crippen molar-refractivity contribution in [3.05, 3.63) is 65.3 Å². The highest BCUT2D eigenvalue weighted by Crippen LogP contribution is 2.29. The number of nitrogens with zero attached hydrogens (tertiary/aromatic N) is 2. The number of carbonyl (C=O) groups is 2. The zero-order valence-electron chi connectivity index (χ0n) is 17.5. The molecule has 1 saturated heterocycles. The monoisotopic (exact) mass is 488 g/mol. The van der Waals surface area contributed by atoms with Gasteiger partial charge >= 0.3 is 0 Å². The number of hydrazine groups is 1. The largest absolute Gasteiger partial charge is 0.481 e. The smallest absolute Gasteiger partial charge is 0.276 e. The molecule has 2 heterocycles. The summed E-state index contributed by atoms with van der Waals surface area (Å²) in [5, 5.41) is 1.20. The normalized spacial score (nSPS) is 14.2. The molecule has 1 aromatic heterocycles. The zero-order valence-corrected chi connectivity index (χ0v) is 19.0. The first-order valence-corrected chi connectivity index (χ1v) is 12.0. The minimum absolute atomic E-state index is 0.0360. The molecule has 172 valence electrons. The number of benzene rings is 2. The van der Waals surface area contributed by atoms with Gasteiger partial charge in [-0.2, -0.15) is 4.31 Å². The fraction of sp³-hybridized carbons (Fsp3) is 0.227. The molecule has 2 N–H and O–H groups in total. The number of hydrogen-bond donors (Lipinski definition) is 2. The van der Waals surface area contributed by atoms with Crippen molar-refractivity contribution < 1.29 is 22.7 Å². The minimum Gasteiger partial charge on any atom is -0.481 e. The summed E-state index contributed by atoms with van der Waals surface area (Å²) < 4.78 is 32.3. The Kier molecular flexibility index (Phi) is 6.77. The van der Waals surface area contributed by atoms with E-state index in [1.807, 2.05) is 0 Å². The standard InChI is InChI=1S/C22H21ClN4O5S/c23-18-8-9-19(21-17(18)7-4-10-24-21)32-14-20(28)25-26-22(29)15-5-3-6-16(13-15)33(30,31)27-11-1-2-12-27/h3-10,13H,1-2,11-12,14H2,(H,25,28)(H,26,29). The lowest BCUT2D eigenvalue weighted by Crippen LogP contribution is -2.43. The van der Waals surface area contributed by atoms with Gasteiger partial charge in [0, 0.05) is 30.2 Å². The topological polar surface area (TPSA) is 118 Å². The number of sulfonamides is 1. The molecule has 3 aromatic rings. The number of hydrogen-bond acceptors (Lipinski definition) is 6. The predicted molar refractivity (Wildman–Crippen MR) is 122 cm³/mol. The van der Waals surface area contributed by atoms with E-state index in [-0.39, 0.29) is 17.1 Å². The number of rotatable bonds is 6. The Balaban J connectivity index is 1.36. The number of nitrogens with one attached hydrogen (secondary N) is 2. The van der Waals surface area contributed by atoms with Crippen molar-refractivity contribution in [1.82, 2.24) is 20.1 Å². The SMILES string of the molecule is O=C(COc1ccc(Cl)c2cccnc12)NNC(=O)c1cccc(S(=O)(=O)N2CCCC2)c1. The Bertz CT molecular complexity index is 1310. The van der Waals surface area contributed by atoms with Crippen LogP contribution in [0.1, 0.15) is 23.2 Å². The molecule has 0 atom stereocenters. The number of ether oxygens (including phenoxy) is 1. The van der Waals surface area contributed by atoms with Crippen molar-refractivity contribution in [2.75, 3.05) is 19.7 Å². The molecular formula is C22H21ClN4O5S. The summed E-state index contributed by atoms with van der Waals surface area (Å²) in [6.07, 6.45) is 3.22. The van der Waals surface area contributed by atoms with Crippen molar-refractivity contribution in [1.29, 1.82) is 0 Å². The summed E-state index contributed by atoms with van der Waals surface area (Å²) in [5.74, 6) is -0.889. The van der Waals surface area contributed by atoms with E-state index >= 15 is 0 Å². The van der Waals surface area contributed by atoms with Crippen LogP contribution in [0.25, 0.3) is 10.9 Å². The third-order valence-corrected chi connectivity index (χ3v) is 7.38. The van der Waals surface area contributed by atoms with Gasteiger partial charge in [-0.1, -0.05) is 17.7 Å². The quantitative estimate of drug-likeness (QED) is 0.515. The zero-order chi connectivity index (χ0) is 23.4. The summed E-state index contributed by atoms with van der Waals surface area (Å²) in [4.78, 5) is 28.9. The molecule has 4 rings (SSSR count). The van der Waals surface area contributed by atoms with Crippen LogP contribution in [0.5, 0.6) is 5.75 Å². The molecule has 0 spiro atoms. The highest BCUT2D eigenvalue weighted by molar-refractivity contribution is 7.89. The van der Waals surface area contributed by atoms with E-state index in [0.717, 1.165) is 12.8 Å². The molecule has 0 saturated carbocycles. The molecule has 0 aliphatic carbocycles. The summed E-state index contributed by atoms with van der Waals surface area (Å²) in [5.41, 5.74) is 5.13. The molecule has 0 bridgehead atoms. The first-order chi connectivity index (χ1) is 15.9. The molecule has 1 fully saturated rings. The fourth-order valence-electron chi connectivity index (χ4n) is 3.48. The van der Waals surface area contributed by atoms with Crippen LogP contribution in [0.3, 0.4) is 0 Å². The van der Waals surface area contributed by atoms with Gasteiger partial charge in [-0.15, -0.1) is 0 Å². The highest BCUT2D eigenvalue weighted by atomic mass is 35.5. The van der Waals surface area contributed by atoms with Crippen molar-refractivity contribution in [3.8, 4) is 5.75 Å². The van der Waals surface area contributed by atoms with E-state index in [9.17, 15) is 18.0 Å². The van der Waals surface area contributed by atoms with Gasteiger partial charge in [0.05, 0.1) is 9.92 Å². The fourth-order valence-corrected chi connectivity index (χ4v) is 5.26. The number of pyridine rings is 1. The van der Waals surface area contributed by atoms with E-state index in [1.54, 1.807) is 30.5 Å². The Hall–Kier alpha value is -3.21. The van der Waals surface area contributed by atoms with Crippen LogP contribution in [0.15, 0.2) is 59.6 Å². The maximum Gasteiger partial charge on any atom is 0.276 e. The van der Waals surface area contributed by atoms with Crippen molar-refractivity contribution in [3.63, 3.8) is 0 Å². The lowest BCUT2D eigenvalue weighted by atomic mass is 10.2. The molecular weight excluding hydrogens is 468 g/mol. The average molecular weight is 489 g/mol. The Morgan fingerprint density at radius 2 is 1.85 bits per heavy atom. The molecule has 9 nitrogen and oxygen atoms in total. The minimum atomic E-state index is -3.66. The predicted octanol–water partition coefficient (Wildman–Crippen LogP) is 2.51. The van der Waals surface area contributed by atoms with Crippen LogP contribution in [0.2, 0.25) is 5.02 Å². The van der Waals surface area contributed by atoms with E-state index < -0.39 is 21.8 Å². The van der Waals surface area contributed by atoms with Crippen LogP contribution in [-0.2, 0) is 14.8 Å². The van der Waals surface area contributed by atoms with Crippen molar-refractivity contribution >= 4 is 44.3 Å². The van der Waals surface area contributed by atoms with Gasteiger partial charge in [0.1, 0.15) is 11.3 Å². The molecule has 0 radical (unpaired) electrons. The Morgan fingerprint density at radius 3 is 2.64 bits per heavy atom. The van der Waals surface area contributed by atoms with Crippen LogP contribution < -0.4 is 15.6 Å². The number of halogens is 1. The number of carbonyl (C=O) groups excluding carboxylic acids is 2. The lowest BCUT2D eigenvalue weighted by Gasteiger charge is -2.16. The summed E-state index contributed by atoms with van der Waals surface area (Å²) >= 11 is 6.15. The Labute approximate surface area is 195 Å². The molecule has 1 aliphatic heterocycles. The molecule has 0 unspecified atom stereocenters. The third kappa shape index (κ3) is 5.08. The van der Waals surface area contributed by atoms with Crippen molar-refractivity contribution in [2.24, 2.45) is 0 Å². The van der Waals surface area contributed by atoms with Gasteiger partial charge in [0.2, 0.25) is 10.0 Å². The van der Waals surface area contributed by atoms with Crippen LogP contribution in [-0.4, -0.2) is 49.2 Å². The summed E-state index contributed by atoms with van der Waals surface area (Å²) in [7, 11) is -3.66. The third-order valence-electron chi connectivity index (χ3n) is 5.15. The summed E-state index contributed by atoms with van der Waals surface area (Å²) in [6, 6.07) is 12.5. The van der Waals surface area contributed by atoms with Gasteiger partial charge in [0.15, 0.2) is 6.61 Å². The van der Waals surface area contributed by atoms with Gasteiger partial charge in [0.25, 0.3) is 11.8 Å². The second kappa shape index (κ2) is 9.74. The Morgan fingerprint density at radius 1 is 1.06 bits per heavy atom. The number of amides is 2. The molecule has 2 aromatic carbocycles. The second-order valence-electron chi connectivity index (χ2n) is 7.38. The van der Waals surface area contributed by atoms with Gasteiger partial charge in [-0.05, 0) is 55.3 Å². The van der Waals surface area contributed by atoms with E-state index in [4.69, 9.17) is 16.3 Å². The molecule has 33 heavy (non-hydrogen) atoms.